The van der Waals surface area contributed by atoms with Crippen molar-refractivity contribution in [2.24, 2.45) is 0 Å². The predicted octanol–water partition coefficient (Wildman–Crippen LogP) is 2.24. The minimum atomic E-state index is 0.413. The predicted molar refractivity (Wildman–Crippen MR) is 86.9 cm³/mol. The summed E-state index contributed by atoms with van der Waals surface area (Å²) in [6.07, 6.45) is 4.62. The van der Waals surface area contributed by atoms with Crippen LogP contribution in [-0.2, 0) is 0 Å². The molecule has 4 heterocycles. The van der Waals surface area contributed by atoms with Gasteiger partial charge in [0, 0.05) is 24.9 Å². The fraction of sp³-hybridized carbons (Fsp3) is 0.533. The van der Waals surface area contributed by atoms with E-state index in [1.165, 1.54) is 18.5 Å². The van der Waals surface area contributed by atoms with Crippen molar-refractivity contribution in [3.8, 4) is 0 Å². The van der Waals surface area contributed by atoms with Crippen LogP contribution in [0.3, 0.4) is 0 Å². The first kappa shape index (κ1) is 13.4. The Bertz CT molecular complexity index is 816. The van der Waals surface area contributed by atoms with Crippen molar-refractivity contribution >= 4 is 22.1 Å². The number of piperidine rings is 1. The Hall–Kier alpha value is -2.09. The molecule has 0 atom stereocenters. The molecule has 1 saturated heterocycles. The van der Waals surface area contributed by atoms with E-state index in [2.05, 4.69) is 31.4 Å². The Morgan fingerprint density at radius 2 is 1.83 bits per heavy atom. The number of anilines is 1. The molecule has 8 heteroatoms. The Morgan fingerprint density at radius 3 is 2.57 bits per heavy atom. The number of aromatic nitrogens is 6. The Morgan fingerprint density at radius 1 is 0.957 bits per heavy atom. The molecule has 3 aromatic heterocycles. The van der Waals surface area contributed by atoms with Gasteiger partial charge in [-0.1, -0.05) is 11.3 Å². The zero-order chi connectivity index (χ0) is 15.2. The molecule has 0 amide bonds. The van der Waals surface area contributed by atoms with Crippen LogP contribution in [0.15, 0.2) is 17.6 Å². The van der Waals surface area contributed by atoms with Gasteiger partial charge in [-0.05, 0) is 37.8 Å². The summed E-state index contributed by atoms with van der Waals surface area (Å²) in [5.41, 5.74) is 3.83. The first-order valence-electron chi connectivity index (χ1n) is 8.12. The van der Waals surface area contributed by atoms with Gasteiger partial charge in [0.05, 0.1) is 5.69 Å². The zero-order valence-electron chi connectivity index (χ0n) is 12.7. The van der Waals surface area contributed by atoms with E-state index < -0.39 is 0 Å². The summed E-state index contributed by atoms with van der Waals surface area (Å²) in [5, 5.41) is 22.6. The van der Waals surface area contributed by atoms with Gasteiger partial charge in [0.1, 0.15) is 5.51 Å². The topological polar surface area (TPSA) is 72.1 Å². The molecular weight excluding hydrogens is 310 g/mol. The molecule has 2 fully saturated rings. The molecule has 0 spiro atoms. The third-order valence-electron chi connectivity index (χ3n) is 4.78. The maximum Gasteiger partial charge on any atom is 0.208 e. The SMILES string of the molecule is c1nnc(N2CCC(c3nnc4ccc(C5CC5)nn34)CC2)s1. The quantitative estimate of drug-likeness (QED) is 0.734. The van der Waals surface area contributed by atoms with Gasteiger partial charge in [0.15, 0.2) is 11.5 Å². The highest BCUT2D eigenvalue weighted by Gasteiger charge is 2.28. The molecule has 0 radical (unpaired) electrons. The number of rotatable bonds is 3. The molecule has 1 saturated carbocycles. The summed E-state index contributed by atoms with van der Waals surface area (Å²) in [7, 11) is 0. The molecule has 23 heavy (non-hydrogen) atoms. The van der Waals surface area contributed by atoms with Crippen LogP contribution in [0.4, 0.5) is 5.13 Å². The van der Waals surface area contributed by atoms with Crippen LogP contribution < -0.4 is 4.90 Å². The number of nitrogens with zero attached hydrogens (tertiary/aromatic N) is 7. The molecule has 7 nitrogen and oxygen atoms in total. The molecule has 1 aliphatic carbocycles. The average Bonchev–Trinajstić information content (AvgIpc) is 3.14. The molecule has 0 bridgehead atoms. The van der Waals surface area contributed by atoms with E-state index in [0.29, 0.717) is 11.8 Å². The standard InChI is InChI=1S/C15H17N7S/c1-2-10(1)12-3-4-13-17-18-14(22(13)20-12)11-5-7-21(8-6-11)15-19-16-9-23-15/h3-4,9-11H,1-2,5-8H2. The van der Waals surface area contributed by atoms with Crippen molar-refractivity contribution in [1.82, 2.24) is 30.0 Å². The lowest BCUT2D eigenvalue weighted by Crippen LogP contribution is -2.33. The summed E-state index contributed by atoms with van der Waals surface area (Å²) in [6.45, 7) is 1.97. The number of hydrogen-bond acceptors (Lipinski definition) is 7. The van der Waals surface area contributed by atoms with Crippen LogP contribution in [-0.4, -0.2) is 43.1 Å². The molecule has 0 unspecified atom stereocenters. The fourth-order valence-electron chi connectivity index (χ4n) is 3.31. The minimum Gasteiger partial charge on any atom is -0.347 e. The van der Waals surface area contributed by atoms with Gasteiger partial charge in [0.25, 0.3) is 0 Å². The monoisotopic (exact) mass is 327 g/mol. The first-order chi connectivity index (χ1) is 11.4. The van der Waals surface area contributed by atoms with Crippen LogP contribution in [0.5, 0.6) is 0 Å². The fourth-order valence-corrected chi connectivity index (χ4v) is 3.92. The largest absolute Gasteiger partial charge is 0.347 e. The second-order valence-electron chi connectivity index (χ2n) is 6.34. The van der Waals surface area contributed by atoms with E-state index in [-0.39, 0.29) is 0 Å². The summed E-state index contributed by atoms with van der Waals surface area (Å²) in [4.78, 5) is 2.31. The van der Waals surface area contributed by atoms with Crippen LogP contribution >= 0.6 is 11.3 Å². The van der Waals surface area contributed by atoms with Gasteiger partial charge in [0.2, 0.25) is 5.13 Å². The highest BCUT2D eigenvalue weighted by Crippen LogP contribution is 2.39. The third kappa shape index (κ3) is 2.37. The van der Waals surface area contributed by atoms with E-state index in [1.54, 1.807) is 16.8 Å². The van der Waals surface area contributed by atoms with Crippen molar-refractivity contribution in [3.05, 3.63) is 29.2 Å². The lowest BCUT2D eigenvalue weighted by Gasteiger charge is -2.30. The second kappa shape index (κ2) is 5.23. The van der Waals surface area contributed by atoms with Crippen molar-refractivity contribution < 1.29 is 0 Å². The van der Waals surface area contributed by atoms with Crippen LogP contribution in [0.1, 0.15) is 49.0 Å². The van der Waals surface area contributed by atoms with Crippen molar-refractivity contribution in [3.63, 3.8) is 0 Å². The van der Waals surface area contributed by atoms with Crippen molar-refractivity contribution in [2.45, 2.75) is 37.5 Å². The number of hydrogen-bond donors (Lipinski definition) is 0. The highest BCUT2D eigenvalue weighted by atomic mass is 32.1. The van der Waals surface area contributed by atoms with E-state index in [4.69, 9.17) is 5.10 Å². The summed E-state index contributed by atoms with van der Waals surface area (Å²) in [6, 6.07) is 4.15. The third-order valence-corrected chi connectivity index (χ3v) is 5.53. The normalized spacial score (nSPS) is 19.6. The van der Waals surface area contributed by atoms with Crippen molar-refractivity contribution in [2.75, 3.05) is 18.0 Å². The Balaban J connectivity index is 1.39. The maximum atomic E-state index is 4.80. The molecule has 2 aliphatic rings. The van der Waals surface area contributed by atoms with Gasteiger partial charge in [-0.3, -0.25) is 0 Å². The lowest BCUT2D eigenvalue weighted by molar-refractivity contribution is 0.475. The van der Waals surface area contributed by atoms with E-state index in [0.717, 1.165) is 42.5 Å². The van der Waals surface area contributed by atoms with E-state index >= 15 is 0 Å². The lowest BCUT2D eigenvalue weighted by atomic mass is 9.96. The molecule has 5 rings (SSSR count). The smallest absolute Gasteiger partial charge is 0.208 e. The maximum absolute atomic E-state index is 4.80. The summed E-state index contributed by atoms with van der Waals surface area (Å²) >= 11 is 1.60. The van der Waals surface area contributed by atoms with Crippen LogP contribution in [0.2, 0.25) is 0 Å². The summed E-state index contributed by atoms with van der Waals surface area (Å²) in [5.74, 6) is 2.07. The van der Waals surface area contributed by atoms with Gasteiger partial charge in [-0.2, -0.15) is 9.61 Å². The molecule has 0 aromatic carbocycles. The first-order valence-corrected chi connectivity index (χ1v) is 9.00. The van der Waals surface area contributed by atoms with E-state index in [9.17, 15) is 0 Å². The molecule has 3 aromatic rings. The molecule has 118 valence electrons. The average molecular weight is 327 g/mol. The Labute approximate surface area is 137 Å². The molecule has 1 aliphatic heterocycles. The van der Waals surface area contributed by atoms with Crippen molar-refractivity contribution in [1.29, 1.82) is 0 Å². The minimum absolute atomic E-state index is 0.413. The summed E-state index contributed by atoms with van der Waals surface area (Å²) < 4.78 is 1.97. The molecule has 0 N–H and O–H groups in total. The number of fused-ring (bicyclic) bond motifs is 1. The molecular formula is C15H17N7S. The Kier molecular flexibility index (Phi) is 3.04. The van der Waals surface area contributed by atoms with Gasteiger partial charge in [-0.15, -0.1) is 20.4 Å². The van der Waals surface area contributed by atoms with Gasteiger partial charge in [-0.25, -0.2) is 0 Å². The zero-order valence-corrected chi connectivity index (χ0v) is 13.5. The van der Waals surface area contributed by atoms with E-state index in [1.807, 2.05) is 10.6 Å². The van der Waals surface area contributed by atoms with Crippen LogP contribution in [0.25, 0.3) is 5.65 Å². The van der Waals surface area contributed by atoms with Gasteiger partial charge < -0.3 is 4.90 Å². The second-order valence-corrected chi connectivity index (χ2v) is 7.15. The van der Waals surface area contributed by atoms with Gasteiger partial charge >= 0.3 is 0 Å². The van der Waals surface area contributed by atoms with Crippen LogP contribution in [0, 0.1) is 0 Å². The highest BCUT2D eigenvalue weighted by molar-refractivity contribution is 7.13.